The summed E-state index contributed by atoms with van der Waals surface area (Å²) in [6, 6.07) is 0.556. The lowest BCUT2D eigenvalue weighted by Crippen LogP contribution is -2.46. The second-order valence-corrected chi connectivity index (χ2v) is 9.13. The number of nitrogens with zero attached hydrogens (tertiary/aromatic N) is 1. The summed E-state index contributed by atoms with van der Waals surface area (Å²) >= 11 is 0. The quantitative estimate of drug-likeness (QED) is 0.904. The van der Waals surface area contributed by atoms with Gasteiger partial charge in [0, 0.05) is 12.1 Å². The van der Waals surface area contributed by atoms with Gasteiger partial charge in [0.1, 0.15) is 0 Å². The van der Waals surface area contributed by atoms with Crippen LogP contribution in [0.1, 0.15) is 54.5 Å². The molecule has 0 atom stereocenters. The molecule has 0 radical (unpaired) electrons. The maximum Gasteiger partial charge on any atom is 0.241 e. The highest BCUT2D eigenvalue weighted by Crippen LogP contribution is 2.30. The van der Waals surface area contributed by atoms with Gasteiger partial charge >= 0.3 is 0 Å². The van der Waals surface area contributed by atoms with Crippen LogP contribution in [-0.2, 0) is 10.0 Å². The van der Waals surface area contributed by atoms with Crippen LogP contribution in [0.4, 0.5) is 0 Å². The molecule has 0 amide bonds. The van der Waals surface area contributed by atoms with Gasteiger partial charge in [0.25, 0.3) is 0 Å². The highest BCUT2D eigenvalue weighted by atomic mass is 32.2. The van der Waals surface area contributed by atoms with E-state index in [1.54, 1.807) is 0 Å². The first-order valence-corrected chi connectivity index (χ1v) is 10.4. The number of nitrogens with one attached hydrogen (secondary N) is 1. The van der Waals surface area contributed by atoms with Gasteiger partial charge in [-0.1, -0.05) is 0 Å². The van der Waals surface area contributed by atoms with E-state index in [1.807, 2.05) is 27.7 Å². The Balaban J connectivity index is 2.27. The first kappa shape index (κ1) is 19.4. The monoisotopic (exact) mass is 352 g/mol. The predicted molar refractivity (Wildman–Crippen MR) is 100 cm³/mol. The van der Waals surface area contributed by atoms with Crippen molar-refractivity contribution in [1.82, 2.24) is 9.62 Å². The van der Waals surface area contributed by atoms with E-state index in [4.69, 9.17) is 0 Å². The fourth-order valence-electron chi connectivity index (χ4n) is 3.68. The minimum absolute atomic E-state index is 0.0331. The molecule has 1 aliphatic heterocycles. The van der Waals surface area contributed by atoms with Crippen LogP contribution in [0.2, 0.25) is 0 Å². The Labute approximate surface area is 147 Å². The number of likely N-dealkylation sites (tertiary alicyclic amines) is 1. The van der Waals surface area contributed by atoms with Crippen LogP contribution in [0.15, 0.2) is 4.90 Å². The molecule has 0 bridgehead atoms. The molecule has 1 aromatic carbocycles. The van der Waals surface area contributed by atoms with Crippen molar-refractivity contribution in [2.24, 2.45) is 0 Å². The van der Waals surface area contributed by atoms with Gasteiger partial charge < -0.3 is 4.90 Å². The summed E-state index contributed by atoms with van der Waals surface area (Å²) in [5.74, 6) is 0. The second kappa shape index (κ2) is 7.14. The van der Waals surface area contributed by atoms with Crippen molar-refractivity contribution < 1.29 is 8.42 Å². The molecule has 0 unspecified atom stereocenters. The fourth-order valence-corrected chi connectivity index (χ4v) is 5.59. The van der Waals surface area contributed by atoms with E-state index in [-0.39, 0.29) is 6.04 Å². The molecule has 2 rings (SSSR count). The van der Waals surface area contributed by atoms with Crippen LogP contribution in [0.3, 0.4) is 0 Å². The van der Waals surface area contributed by atoms with Crippen molar-refractivity contribution in [1.29, 1.82) is 0 Å². The van der Waals surface area contributed by atoms with Gasteiger partial charge in [-0.3, -0.25) is 0 Å². The molecule has 1 N–H and O–H groups in total. The van der Waals surface area contributed by atoms with Gasteiger partial charge in [0.2, 0.25) is 10.0 Å². The molecule has 1 heterocycles. The Morgan fingerprint density at radius 3 is 1.71 bits per heavy atom. The van der Waals surface area contributed by atoms with E-state index in [1.165, 1.54) is 5.56 Å². The van der Waals surface area contributed by atoms with Crippen molar-refractivity contribution in [3.63, 3.8) is 0 Å². The van der Waals surface area contributed by atoms with Gasteiger partial charge in [-0.25, -0.2) is 13.1 Å². The van der Waals surface area contributed by atoms with E-state index in [0.717, 1.165) is 48.2 Å². The zero-order chi connectivity index (χ0) is 18.2. The molecule has 0 spiro atoms. The maximum atomic E-state index is 13.0. The van der Waals surface area contributed by atoms with Crippen LogP contribution in [-0.4, -0.2) is 38.5 Å². The summed E-state index contributed by atoms with van der Waals surface area (Å²) in [6.45, 7) is 16.2. The molecule has 1 saturated heterocycles. The molecule has 24 heavy (non-hydrogen) atoms. The third-order valence-corrected chi connectivity index (χ3v) is 7.58. The highest BCUT2D eigenvalue weighted by Gasteiger charge is 2.28. The number of sulfonamides is 1. The average Bonchev–Trinajstić information content (AvgIpc) is 2.51. The van der Waals surface area contributed by atoms with Crippen LogP contribution >= 0.6 is 0 Å². The van der Waals surface area contributed by atoms with Crippen molar-refractivity contribution in [2.45, 2.75) is 78.3 Å². The zero-order valence-electron chi connectivity index (χ0n) is 16.2. The van der Waals surface area contributed by atoms with Crippen molar-refractivity contribution >= 4 is 10.0 Å². The van der Waals surface area contributed by atoms with Gasteiger partial charge in [0.05, 0.1) is 4.90 Å². The largest absolute Gasteiger partial charge is 0.301 e. The normalized spacial score (nSPS) is 17.7. The summed E-state index contributed by atoms with van der Waals surface area (Å²) in [5.41, 5.74) is 5.10. The summed E-state index contributed by atoms with van der Waals surface area (Å²) in [5, 5.41) is 0. The molecular formula is C19H32N2O2S. The molecule has 4 nitrogen and oxygen atoms in total. The standard InChI is InChI=1S/C19H32N2O2S/c1-12(2)21-10-8-18(9-11-21)20-24(22,23)19-16(6)14(4)13(3)15(5)17(19)7/h12,18,20H,8-11H2,1-7H3. The molecule has 0 aliphatic carbocycles. The third kappa shape index (κ3) is 3.68. The lowest BCUT2D eigenvalue weighted by molar-refractivity contribution is 0.168. The molecule has 0 saturated carbocycles. The first-order chi connectivity index (χ1) is 11.1. The van der Waals surface area contributed by atoms with E-state index < -0.39 is 10.0 Å². The fraction of sp³-hybridized carbons (Fsp3) is 0.684. The Bertz CT molecular complexity index is 686. The highest BCUT2D eigenvalue weighted by molar-refractivity contribution is 7.89. The van der Waals surface area contributed by atoms with Gasteiger partial charge in [-0.2, -0.15) is 0 Å². The molecule has 1 aromatic rings. The van der Waals surface area contributed by atoms with E-state index in [2.05, 4.69) is 30.4 Å². The van der Waals surface area contributed by atoms with Crippen molar-refractivity contribution in [2.75, 3.05) is 13.1 Å². The van der Waals surface area contributed by atoms with Crippen LogP contribution < -0.4 is 4.72 Å². The second-order valence-electron chi connectivity index (χ2n) is 7.48. The molecule has 5 heteroatoms. The maximum absolute atomic E-state index is 13.0. The van der Waals surface area contributed by atoms with Crippen molar-refractivity contribution in [3.8, 4) is 0 Å². The molecular weight excluding hydrogens is 320 g/mol. The summed E-state index contributed by atoms with van der Waals surface area (Å²) < 4.78 is 29.1. The molecule has 1 fully saturated rings. The van der Waals surface area contributed by atoms with Gasteiger partial charge in [-0.15, -0.1) is 0 Å². The lowest BCUT2D eigenvalue weighted by Gasteiger charge is -2.35. The van der Waals surface area contributed by atoms with Gasteiger partial charge in [-0.05, 0) is 102 Å². The SMILES string of the molecule is Cc1c(C)c(C)c(S(=O)(=O)NC2CCN(C(C)C)CC2)c(C)c1C. The third-order valence-electron chi connectivity index (χ3n) is 5.78. The Morgan fingerprint density at radius 1 is 0.875 bits per heavy atom. The zero-order valence-corrected chi connectivity index (χ0v) is 17.0. The molecule has 0 aromatic heterocycles. The number of benzene rings is 1. The molecule has 1 aliphatic rings. The summed E-state index contributed by atoms with van der Waals surface area (Å²) in [7, 11) is -3.49. The predicted octanol–water partition coefficient (Wildman–Crippen LogP) is 3.38. The average molecular weight is 353 g/mol. The van der Waals surface area contributed by atoms with Gasteiger partial charge in [0.15, 0.2) is 0 Å². The van der Waals surface area contributed by atoms with Crippen LogP contribution in [0, 0.1) is 34.6 Å². The van der Waals surface area contributed by atoms with Crippen molar-refractivity contribution in [3.05, 3.63) is 27.8 Å². The molecule has 136 valence electrons. The Kier molecular flexibility index (Phi) is 5.78. The number of rotatable bonds is 4. The van der Waals surface area contributed by atoms with E-state index in [9.17, 15) is 8.42 Å². The van der Waals surface area contributed by atoms with E-state index >= 15 is 0 Å². The summed E-state index contributed by atoms with van der Waals surface area (Å²) in [6.07, 6.45) is 1.75. The minimum atomic E-state index is -3.49. The lowest BCUT2D eigenvalue weighted by atomic mass is 9.95. The van der Waals surface area contributed by atoms with E-state index in [0.29, 0.717) is 10.9 Å². The topological polar surface area (TPSA) is 49.4 Å². The number of piperidine rings is 1. The summed E-state index contributed by atoms with van der Waals surface area (Å²) in [4.78, 5) is 2.89. The van der Waals surface area contributed by atoms with Crippen LogP contribution in [0.25, 0.3) is 0 Å². The number of hydrogen-bond acceptors (Lipinski definition) is 3. The Hall–Kier alpha value is -0.910. The van der Waals surface area contributed by atoms with Crippen LogP contribution in [0.5, 0.6) is 0 Å². The Morgan fingerprint density at radius 2 is 1.29 bits per heavy atom. The minimum Gasteiger partial charge on any atom is -0.301 e. The number of hydrogen-bond donors (Lipinski definition) is 1. The smallest absolute Gasteiger partial charge is 0.241 e. The first-order valence-electron chi connectivity index (χ1n) is 8.89.